The molecule has 1 aliphatic heterocycles. The molecule has 28 heavy (non-hydrogen) atoms. The predicted molar refractivity (Wildman–Crippen MR) is 95.2 cm³/mol. The minimum atomic E-state index is -2.22. The molecule has 12 heteroatoms. The van der Waals surface area contributed by atoms with Gasteiger partial charge in [-0.15, -0.1) is 0 Å². The molecule has 152 valence electrons. The number of aromatic nitrogens is 4. The number of anilines is 2. The number of imidazole rings is 1. The molecule has 0 aromatic carbocycles. The SMILES string of the molecule is CNc1nc(NC(C)=O)nc2c1ncn2[C@@H]1O[C@H](COC(C)=O)[C@@H](O)[C@@]1(C)F. The molecule has 0 saturated carbocycles. The normalized spacial score (nSPS) is 27.0. The van der Waals surface area contributed by atoms with Gasteiger partial charge in [0.1, 0.15) is 18.8 Å². The molecule has 4 atom stereocenters. The number of nitrogens with one attached hydrogen (secondary N) is 2. The van der Waals surface area contributed by atoms with E-state index in [0.29, 0.717) is 11.3 Å². The number of fused-ring (bicyclic) bond motifs is 1. The van der Waals surface area contributed by atoms with Crippen LogP contribution >= 0.6 is 0 Å². The number of carbonyl (C=O) groups excluding carboxylic acids is 2. The van der Waals surface area contributed by atoms with E-state index < -0.39 is 30.1 Å². The summed E-state index contributed by atoms with van der Waals surface area (Å²) in [6, 6.07) is 0. The molecule has 0 radical (unpaired) electrons. The number of aliphatic hydroxyl groups is 1. The number of hydrogen-bond donors (Lipinski definition) is 3. The van der Waals surface area contributed by atoms with Crippen molar-refractivity contribution in [3.8, 4) is 0 Å². The molecular weight excluding hydrogens is 375 g/mol. The van der Waals surface area contributed by atoms with E-state index in [-0.39, 0.29) is 24.1 Å². The zero-order valence-electron chi connectivity index (χ0n) is 15.8. The molecule has 3 heterocycles. The van der Waals surface area contributed by atoms with Gasteiger partial charge in [-0.25, -0.2) is 9.37 Å². The van der Waals surface area contributed by atoms with Crippen molar-refractivity contribution in [1.29, 1.82) is 0 Å². The van der Waals surface area contributed by atoms with E-state index in [2.05, 4.69) is 25.6 Å². The van der Waals surface area contributed by atoms with E-state index in [1.807, 2.05) is 0 Å². The van der Waals surface area contributed by atoms with Gasteiger partial charge in [0.2, 0.25) is 11.9 Å². The van der Waals surface area contributed by atoms with E-state index in [1.54, 1.807) is 7.05 Å². The van der Waals surface area contributed by atoms with Crippen LogP contribution in [0, 0.1) is 0 Å². The standard InChI is InChI=1S/C16H21FN6O5/c1-7(24)20-15-21-12(18-4)10-13(22-15)23(6-19-10)14-16(3,17)11(26)9(28-14)5-27-8(2)25/h6,9,11,14,26H,5H2,1-4H3,(H2,18,20,21,22,24)/t9-,11-,14-,16-/m1/s1. The van der Waals surface area contributed by atoms with Gasteiger partial charge in [0.05, 0.1) is 6.33 Å². The second kappa shape index (κ2) is 7.28. The van der Waals surface area contributed by atoms with Crippen LogP contribution in [0.15, 0.2) is 6.33 Å². The highest BCUT2D eigenvalue weighted by Gasteiger charge is 2.55. The topological polar surface area (TPSA) is 140 Å². The van der Waals surface area contributed by atoms with Gasteiger partial charge in [0.15, 0.2) is 28.9 Å². The highest BCUT2D eigenvalue weighted by Crippen LogP contribution is 2.42. The van der Waals surface area contributed by atoms with E-state index in [0.717, 1.165) is 0 Å². The Bertz CT molecular complexity index is 916. The van der Waals surface area contributed by atoms with Crippen LogP contribution < -0.4 is 10.6 Å². The molecule has 1 fully saturated rings. The highest BCUT2D eigenvalue weighted by molar-refractivity contribution is 5.90. The van der Waals surface area contributed by atoms with E-state index >= 15 is 4.39 Å². The number of carbonyl (C=O) groups is 2. The number of hydrogen-bond acceptors (Lipinski definition) is 9. The molecular formula is C16H21FN6O5. The molecule has 3 rings (SSSR count). The third kappa shape index (κ3) is 3.47. The first-order valence-electron chi connectivity index (χ1n) is 8.50. The first kappa shape index (κ1) is 19.9. The summed E-state index contributed by atoms with van der Waals surface area (Å²) in [5.41, 5.74) is -1.71. The smallest absolute Gasteiger partial charge is 0.302 e. The Hall–Kier alpha value is -2.86. The van der Waals surface area contributed by atoms with Crippen LogP contribution in [0.4, 0.5) is 16.2 Å². The number of aliphatic hydroxyl groups excluding tert-OH is 1. The first-order chi connectivity index (χ1) is 13.1. The number of amides is 1. The number of rotatable bonds is 5. The van der Waals surface area contributed by atoms with Crippen molar-refractivity contribution in [2.24, 2.45) is 0 Å². The summed E-state index contributed by atoms with van der Waals surface area (Å²) >= 11 is 0. The zero-order valence-corrected chi connectivity index (χ0v) is 15.8. The monoisotopic (exact) mass is 396 g/mol. The van der Waals surface area contributed by atoms with E-state index in [9.17, 15) is 14.7 Å². The Morgan fingerprint density at radius 2 is 2.14 bits per heavy atom. The Morgan fingerprint density at radius 3 is 2.75 bits per heavy atom. The molecule has 1 aliphatic rings. The molecule has 2 aromatic heterocycles. The van der Waals surface area contributed by atoms with Gasteiger partial charge in [0.25, 0.3) is 0 Å². The van der Waals surface area contributed by atoms with Gasteiger partial charge in [0, 0.05) is 20.9 Å². The summed E-state index contributed by atoms with van der Waals surface area (Å²) in [6.45, 7) is 3.39. The molecule has 1 amide bonds. The summed E-state index contributed by atoms with van der Waals surface area (Å²) in [5.74, 6) is -0.624. The Morgan fingerprint density at radius 1 is 1.43 bits per heavy atom. The van der Waals surface area contributed by atoms with E-state index in [4.69, 9.17) is 9.47 Å². The zero-order chi connectivity index (χ0) is 20.6. The van der Waals surface area contributed by atoms with Crippen molar-refractivity contribution in [1.82, 2.24) is 19.5 Å². The fraction of sp³-hybridized carbons (Fsp3) is 0.562. The van der Waals surface area contributed by atoms with Crippen LogP contribution in [0.1, 0.15) is 27.0 Å². The molecule has 0 bridgehead atoms. The summed E-state index contributed by atoms with van der Waals surface area (Å²) in [6.07, 6.45) is -2.60. The van der Waals surface area contributed by atoms with Crippen LogP contribution in [-0.2, 0) is 19.1 Å². The maximum atomic E-state index is 15.3. The second-order valence-corrected chi connectivity index (χ2v) is 6.58. The van der Waals surface area contributed by atoms with Crippen molar-refractivity contribution >= 4 is 34.8 Å². The Balaban J connectivity index is 2.02. The van der Waals surface area contributed by atoms with Crippen LogP contribution in [0.2, 0.25) is 0 Å². The molecule has 0 aliphatic carbocycles. The molecule has 11 nitrogen and oxygen atoms in total. The van der Waals surface area contributed by atoms with E-state index in [1.165, 1.54) is 31.7 Å². The number of ether oxygens (including phenoxy) is 2. The summed E-state index contributed by atoms with van der Waals surface area (Å²) < 4.78 is 27.1. The van der Waals surface area contributed by atoms with Crippen LogP contribution in [0.5, 0.6) is 0 Å². The lowest BCUT2D eigenvalue weighted by atomic mass is 9.98. The minimum Gasteiger partial charge on any atom is -0.463 e. The molecule has 0 unspecified atom stereocenters. The Labute approximate surface area is 159 Å². The van der Waals surface area contributed by atoms with Gasteiger partial charge in [-0.1, -0.05) is 0 Å². The quantitative estimate of drug-likeness (QED) is 0.612. The lowest BCUT2D eigenvalue weighted by molar-refractivity contribution is -0.147. The van der Waals surface area contributed by atoms with Crippen molar-refractivity contribution < 1.29 is 28.6 Å². The third-order valence-electron chi connectivity index (χ3n) is 4.37. The van der Waals surface area contributed by atoms with Crippen LogP contribution in [0.25, 0.3) is 11.2 Å². The number of alkyl halides is 1. The van der Waals surface area contributed by atoms with Crippen molar-refractivity contribution in [2.45, 2.75) is 44.9 Å². The first-order valence-corrected chi connectivity index (χ1v) is 8.50. The van der Waals surface area contributed by atoms with Crippen molar-refractivity contribution in [3.63, 3.8) is 0 Å². The van der Waals surface area contributed by atoms with Crippen molar-refractivity contribution in [3.05, 3.63) is 6.33 Å². The highest BCUT2D eigenvalue weighted by atomic mass is 19.1. The van der Waals surface area contributed by atoms with Crippen LogP contribution in [0.3, 0.4) is 0 Å². The minimum absolute atomic E-state index is 0.00155. The maximum Gasteiger partial charge on any atom is 0.302 e. The number of halogens is 1. The Kier molecular flexibility index (Phi) is 5.17. The summed E-state index contributed by atoms with van der Waals surface area (Å²) in [5, 5.41) is 15.6. The van der Waals surface area contributed by atoms with Crippen molar-refractivity contribution in [2.75, 3.05) is 24.3 Å². The lowest BCUT2D eigenvalue weighted by Crippen LogP contribution is -2.41. The number of esters is 1. The summed E-state index contributed by atoms with van der Waals surface area (Å²) in [4.78, 5) is 34.9. The largest absolute Gasteiger partial charge is 0.463 e. The van der Waals surface area contributed by atoms with Gasteiger partial charge in [-0.2, -0.15) is 9.97 Å². The summed E-state index contributed by atoms with van der Waals surface area (Å²) in [7, 11) is 1.61. The number of nitrogens with zero attached hydrogens (tertiary/aromatic N) is 4. The van der Waals surface area contributed by atoms with Crippen LogP contribution in [-0.4, -0.2) is 68.0 Å². The lowest BCUT2D eigenvalue weighted by Gasteiger charge is -2.24. The molecule has 3 N–H and O–H groups in total. The maximum absolute atomic E-state index is 15.3. The van der Waals surface area contributed by atoms with Gasteiger partial charge >= 0.3 is 5.97 Å². The van der Waals surface area contributed by atoms with Gasteiger partial charge in [-0.3, -0.25) is 19.5 Å². The molecule has 0 spiro atoms. The second-order valence-electron chi connectivity index (χ2n) is 6.58. The predicted octanol–water partition coefficient (Wildman–Crippen LogP) is 0.376. The fourth-order valence-electron chi connectivity index (χ4n) is 3.03. The average Bonchev–Trinajstić information content (AvgIpc) is 3.11. The average molecular weight is 396 g/mol. The molecule has 1 saturated heterocycles. The fourth-order valence-corrected chi connectivity index (χ4v) is 3.03. The van der Waals surface area contributed by atoms with Gasteiger partial charge in [-0.05, 0) is 6.92 Å². The van der Waals surface area contributed by atoms with Gasteiger partial charge < -0.3 is 19.9 Å². The molecule has 2 aromatic rings. The third-order valence-corrected chi connectivity index (χ3v) is 4.37.